The number of hydrogen-bond donors (Lipinski definition) is 0. The molecule has 5 nitrogen and oxygen atoms in total. The predicted molar refractivity (Wildman–Crippen MR) is 101 cm³/mol. The van der Waals surface area contributed by atoms with Crippen LogP contribution in [0.1, 0.15) is 16.1 Å². The van der Waals surface area contributed by atoms with Crippen molar-refractivity contribution in [3.8, 4) is 11.3 Å². The SMILES string of the molecule is CN(C(=O)c1ccc(-c2cccc(C(F)(F)F)c2)o1)c1ccc(S(C)(=O)=O)cc1. The van der Waals surface area contributed by atoms with Gasteiger partial charge < -0.3 is 9.32 Å². The number of sulfone groups is 1. The Morgan fingerprint density at radius 1 is 1.00 bits per heavy atom. The van der Waals surface area contributed by atoms with E-state index in [1.54, 1.807) is 0 Å². The Balaban J connectivity index is 1.84. The Bertz CT molecular complexity index is 1150. The van der Waals surface area contributed by atoms with E-state index >= 15 is 0 Å². The van der Waals surface area contributed by atoms with E-state index in [4.69, 9.17) is 4.42 Å². The Morgan fingerprint density at radius 3 is 2.24 bits per heavy atom. The zero-order valence-corrected chi connectivity index (χ0v) is 16.2. The molecule has 0 bridgehead atoms. The second-order valence-corrected chi connectivity index (χ2v) is 8.39. The molecule has 0 spiro atoms. The molecular weight excluding hydrogens is 407 g/mol. The second-order valence-electron chi connectivity index (χ2n) is 6.37. The first kappa shape index (κ1) is 20.7. The summed E-state index contributed by atoms with van der Waals surface area (Å²) in [5.74, 6) is -0.470. The molecule has 152 valence electrons. The molecule has 0 aliphatic rings. The molecule has 0 aliphatic heterocycles. The van der Waals surface area contributed by atoms with Crippen molar-refractivity contribution in [1.29, 1.82) is 0 Å². The monoisotopic (exact) mass is 423 g/mol. The highest BCUT2D eigenvalue weighted by Gasteiger charge is 2.30. The lowest BCUT2D eigenvalue weighted by Gasteiger charge is -2.16. The molecule has 3 rings (SSSR count). The van der Waals surface area contributed by atoms with Gasteiger partial charge in [0.15, 0.2) is 15.6 Å². The lowest BCUT2D eigenvalue weighted by Crippen LogP contribution is -2.25. The zero-order valence-electron chi connectivity index (χ0n) is 15.4. The predicted octanol–water partition coefficient (Wildman–Crippen LogP) is 4.65. The minimum Gasteiger partial charge on any atom is -0.451 e. The van der Waals surface area contributed by atoms with Crippen molar-refractivity contribution >= 4 is 21.4 Å². The number of amides is 1. The number of carbonyl (C=O) groups is 1. The molecule has 0 aliphatic carbocycles. The number of halogens is 3. The number of hydrogen-bond acceptors (Lipinski definition) is 4. The molecule has 0 saturated heterocycles. The maximum Gasteiger partial charge on any atom is 0.416 e. The maximum atomic E-state index is 12.9. The largest absolute Gasteiger partial charge is 0.451 e. The van der Waals surface area contributed by atoms with Crippen molar-refractivity contribution in [1.82, 2.24) is 0 Å². The molecule has 2 aromatic carbocycles. The third-order valence-electron chi connectivity index (χ3n) is 4.25. The molecule has 0 N–H and O–H groups in total. The van der Waals surface area contributed by atoms with Gasteiger partial charge in [-0.25, -0.2) is 8.42 Å². The van der Waals surface area contributed by atoms with Crippen molar-refractivity contribution in [2.75, 3.05) is 18.2 Å². The highest BCUT2D eigenvalue weighted by atomic mass is 32.2. The molecule has 29 heavy (non-hydrogen) atoms. The van der Waals surface area contributed by atoms with E-state index in [-0.39, 0.29) is 22.0 Å². The molecule has 1 aromatic heterocycles. The van der Waals surface area contributed by atoms with Crippen molar-refractivity contribution in [2.45, 2.75) is 11.1 Å². The van der Waals surface area contributed by atoms with Crippen molar-refractivity contribution < 1.29 is 30.8 Å². The molecule has 0 saturated carbocycles. The van der Waals surface area contributed by atoms with Crippen molar-refractivity contribution in [3.05, 3.63) is 72.0 Å². The van der Waals surface area contributed by atoms with Gasteiger partial charge in [0.2, 0.25) is 0 Å². The number of benzene rings is 2. The third kappa shape index (κ3) is 4.51. The first-order chi connectivity index (χ1) is 13.5. The van der Waals surface area contributed by atoms with Crippen LogP contribution in [-0.2, 0) is 16.0 Å². The average Bonchev–Trinajstić information content (AvgIpc) is 3.16. The van der Waals surface area contributed by atoms with Crippen LogP contribution < -0.4 is 4.90 Å². The van der Waals surface area contributed by atoms with Gasteiger partial charge in [0.25, 0.3) is 5.91 Å². The van der Waals surface area contributed by atoms with Crippen molar-refractivity contribution in [2.24, 2.45) is 0 Å². The van der Waals surface area contributed by atoms with Gasteiger partial charge in [0.05, 0.1) is 10.5 Å². The number of rotatable bonds is 4. The minimum atomic E-state index is -4.49. The van der Waals surface area contributed by atoms with E-state index < -0.39 is 27.5 Å². The minimum absolute atomic E-state index is 0.0629. The normalized spacial score (nSPS) is 12.0. The Morgan fingerprint density at radius 2 is 1.66 bits per heavy atom. The van der Waals surface area contributed by atoms with Gasteiger partial charge >= 0.3 is 6.18 Å². The fourth-order valence-electron chi connectivity index (χ4n) is 2.66. The lowest BCUT2D eigenvalue weighted by atomic mass is 10.1. The highest BCUT2D eigenvalue weighted by molar-refractivity contribution is 7.90. The van der Waals surface area contributed by atoms with Crippen LogP contribution in [0.5, 0.6) is 0 Å². The topological polar surface area (TPSA) is 67.6 Å². The van der Waals surface area contributed by atoms with E-state index in [2.05, 4.69) is 0 Å². The summed E-state index contributed by atoms with van der Waals surface area (Å²) in [6.07, 6.45) is -3.41. The number of anilines is 1. The van der Waals surface area contributed by atoms with Crippen LogP contribution in [0.25, 0.3) is 11.3 Å². The van der Waals surface area contributed by atoms with Crippen LogP contribution in [0.3, 0.4) is 0 Å². The summed E-state index contributed by atoms with van der Waals surface area (Å²) in [7, 11) is -1.88. The fourth-order valence-corrected chi connectivity index (χ4v) is 3.29. The smallest absolute Gasteiger partial charge is 0.416 e. The first-order valence-electron chi connectivity index (χ1n) is 8.32. The summed E-state index contributed by atoms with van der Waals surface area (Å²) in [5.41, 5.74) is -0.194. The second kappa shape index (κ2) is 7.40. The van der Waals surface area contributed by atoms with E-state index in [0.29, 0.717) is 5.69 Å². The van der Waals surface area contributed by atoms with E-state index in [1.165, 1.54) is 60.5 Å². The molecule has 1 amide bonds. The summed E-state index contributed by atoms with van der Waals surface area (Å²) in [4.78, 5) is 14.0. The van der Waals surface area contributed by atoms with Gasteiger partial charge in [-0.15, -0.1) is 0 Å². The summed E-state index contributed by atoms with van der Waals surface area (Å²) in [6, 6.07) is 13.1. The van der Waals surface area contributed by atoms with Gasteiger partial charge in [-0.2, -0.15) is 13.2 Å². The first-order valence-corrected chi connectivity index (χ1v) is 10.2. The Hall–Kier alpha value is -3.07. The third-order valence-corrected chi connectivity index (χ3v) is 5.38. The number of furan rings is 1. The lowest BCUT2D eigenvalue weighted by molar-refractivity contribution is -0.137. The summed E-state index contributed by atoms with van der Waals surface area (Å²) in [5, 5.41) is 0. The molecular formula is C20H16F3NO4S. The fraction of sp³-hybridized carbons (Fsp3) is 0.150. The van der Waals surface area contributed by atoms with Crippen LogP contribution in [0.4, 0.5) is 18.9 Å². The van der Waals surface area contributed by atoms with Crippen LogP contribution >= 0.6 is 0 Å². The number of carbonyl (C=O) groups excluding carboxylic acids is 1. The van der Waals surface area contributed by atoms with Gasteiger partial charge in [0, 0.05) is 24.6 Å². The Labute approximate surface area is 165 Å². The number of alkyl halides is 3. The zero-order chi connectivity index (χ0) is 21.4. The quantitative estimate of drug-likeness (QED) is 0.613. The summed E-state index contributed by atoms with van der Waals surface area (Å²) >= 11 is 0. The van der Waals surface area contributed by atoms with Gasteiger partial charge in [-0.3, -0.25) is 4.79 Å². The molecule has 0 atom stereocenters. The molecule has 0 unspecified atom stereocenters. The molecule has 3 aromatic rings. The van der Waals surface area contributed by atoms with Gasteiger partial charge in [-0.05, 0) is 48.5 Å². The highest BCUT2D eigenvalue weighted by Crippen LogP contribution is 2.33. The molecule has 1 heterocycles. The van der Waals surface area contributed by atoms with Crippen LogP contribution in [0.2, 0.25) is 0 Å². The van der Waals surface area contributed by atoms with Crippen LogP contribution in [0, 0.1) is 0 Å². The number of nitrogens with zero attached hydrogens (tertiary/aromatic N) is 1. The van der Waals surface area contributed by atoms with Gasteiger partial charge in [-0.1, -0.05) is 12.1 Å². The van der Waals surface area contributed by atoms with E-state index in [0.717, 1.165) is 18.4 Å². The van der Waals surface area contributed by atoms with Crippen molar-refractivity contribution in [3.63, 3.8) is 0 Å². The van der Waals surface area contributed by atoms with E-state index in [9.17, 15) is 26.4 Å². The molecule has 9 heteroatoms. The van der Waals surface area contributed by atoms with E-state index in [1.807, 2.05) is 0 Å². The average molecular weight is 423 g/mol. The molecule has 0 fully saturated rings. The summed E-state index contributed by atoms with van der Waals surface area (Å²) < 4.78 is 67.2. The van der Waals surface area contributed by atoms with Crippen LogP contribution in [0.15, 0.2) is 70.0 Å². The van der Waals surface area contributed by atoms with Crippen LogP contribution in [-0.4, -0.2) is 27.6 Å². The molecule has 0 radical (unpaired) electrons. The standard InChI is InChI=1S/C20H16F3NO4S/c1-24(15-6-8-16(9-7-15)29(2,26)27)19(25)18-11-10-17(28-18)13-4-3-5-14(12-13)20(21,22)23/h3-12H,1-2H3. The maximum absolute atomic E-state index is 12.9. The summed E-state index contributed by atoms with van der Waals surface area (Å²) in [6.45, 7) is 0. The van der Waals surface area contributed by atoms with Gasteiger partial charge in [0.1, 0.15) is 5.76 Å². The Kier molecular flexibility index (Phi) is 5.27.